The van der Waals surface area contributed by atoms with Gasteiger partial charge in [-0.1, -0.05) is 6.07 Å². The smallest absolute Gasteiger partial charge is 0.343 e. The van der Waals surface area contributed by atoms with Crippen molar-refractivity contribution < 1.29 is 34.4 Å². The summed E-state index contributed by atoms with van der Waals surface area (Å²) in [5.41, 5.74) is 5.06. The number of rotatable bonds is 3. The van der Waals surface area contributed by atoms with Crippen LogP contribution in [0.3, 0.4) is 0 Å². The molecular formula is C22H15NO8. The molecule has 4 aromatic rings. The SMILES string of the molecule is Nc1cccc(C(=O)Oc2c(-c3ccc(O)c(O)c3)oc3cc(O)cc(O)c3c2=O)c1. The molecule has 9 heteroatoms. The van der Waals surface area contributed by atoms with Gasteiger partial charge in [0.15, 0.2) is 17.3 Å². The maximum absolute atomic E-state index is 13.1. The molecule has 1 aromatic heterocycles. The van der Waals surface area contributed by atoms with Crippen molar-refractivity contribution in [1.82, 2.24) is 0 Å². The van der Waals surface area contributed by atoms with Gasteiger partial charge in [0.25, 0.3) is 0 Å². The predicted molar refractivity (Wildman–Crippen MR) is 110 cm³/mol. The zero-order valence-corrected chi connectivity index (χ0v) is 15.7. The molecule has 0 amide bonds. The van der Waals surface area contributed by atoms with Gasteiger partial charge >= 0.3 is 5.97 Å². The molecule has 0 bridgehead atoms. The van der Waals surface area contributed by atoms with E-state index >= 15 is 0 Å². The lowest BCUT2D eigenvalue weighted by Crippen LogP contribution is -2.16. The van der Waals surface area contributed by atoms with Crippen LogP contribution in [-0.2, 0) is 0 Å². The zero-order valence-electron chi connectivity index (χ0n) is 15.7. The van der Waals surface area contributed by atoms with E-state index in [0.717, 1.165) is 24.3 Å². The fourth-order valence-electron chi connectivity index (χ4n) is 3.03. The summed E-state index contributed by atoms with van der Waals surface area (Å²) in [5.74, 6) is -3.61. The lowest BCUT2D eigenvalue weighted by atomic mass is 10.1. The van der Waals surface area contributed by atoms with Crippen molar-refractivity contribution in [3.8, 4) is 40.1 Å². The molecular weight excluding hydrogens is 406 g/mol. The van der Waals surface area contributed by atoms with Crippen molar-refractivity contribution in [1.29, 1.82) is 0 Å². The van der Waals surface area contributed by atoms with Crippen LogP contribution in [0, 0.1) is 0 Å². The molecule has 0 radical (unpaired) electrons. The molecule has 9 nitrogen and oxygen atoms in total. The molecule has 0 fully saturated rings. The Kier molecular flexibility index (Phi) is 4.63. The standard InChI is InChI=1S/C22H15NO8/c23-12-3-1-2-11(6-12)22(29)31-21-19(28)18-16(27)8-13(24)9-17(18)30-20(21)10-4-5-14(25)15(26)7-10/h1-9,24-27H,23H2. The second-order valence-corrected chi connectivity index (χ2v) is 6.65. The number of phenolic OH excluding ortho intramolecular Hbond substituents is 4. The quantitative estimate of drug-likeness (QED) is 0.190. The summed E-state index contributed by atoms with van der Waals surface area (Å²) < 4.78 is 11.0. The third kappa shape index (κ3) is 3.55. The van der Waals surface area contributed by atoms with Gasteiger partial charge in [0.05, 0.1) is 5.56 Å². The van der Waals surface area contributed by atoms with Crippen LogP contribution in [0.5, 0.6) is 28.7 Å². The lowest BCUT2D eigenvalue weighted by Gasteiger charge is -2.12. The van der Waals surface area contributed by atoms with Gasteiger partial charge in [-0.2, -0.15) is 0 Å². The van der Waals surface area contributed by atoms with Crippen LogP contribution in [0.25, 0.3) is 22.3 Å². The summed E-state index contributed by atoms with van der Waals surface area (Å²) in [7, 11) is 0. The van der Waals surface area contributed by atoms with Gasteiger partial charge in [0.1, 0.15) is 22.5 Å². The third-order valence-corrected chi connectivity index (χ3v) is 4.47. The van der Waals surface area contributed by atoms with E-state index in [4.69, 9.17) is 14.9 Å². The fraction of sp³-hybridized carbons (Fsp3) is 0. The first-order valence-electron chi connectivity index (χ1n) is 8.87. The summed E-state index contributed by atoms with van der Waals surface area (Å²) >= 11 is 0. The first-order chi connectivity index (χ1) is 14.7. The highest BCUT2D eigenvalue weighted by atomic mass is 16.5. The summed E-state index contributed by atoms with van der Waals surface area (Å²) in [6.45, 7) is 0. The summed E-state index contributed by atoms with van der Waals surface area (Å²) in [4.78, 5) is 25.8. The highest BCUT2D eigenvalue weighted by Gasteiger charge is 2.24. The monoisotopic (exact) mass is 421 g/mol. The molecule has 0 atom stereocenters. The third-order valence-electron chi connectivity index (χ3n) is 4.47. The number of phenols is 4. The number of ether oxygens (including phenoxy) is 1. The zero-order chi connectivity index (χ0) is 22.3. The fourth-order valence-corrected chi connectivity index (χ4v) is 3.03. The van der Waals surface area contributed by atoms with E-state index in [1.165, 1.54) is 24.3 Å². The summed E-state index contributed by atoms with van der Waals surface area (Å²) in [6.07, 6.45) is 0. The summed E-state index contributed by atoms with van der Waals surface area (Å²) in [6, 6.07) is 11.5. The average Bonchev–Trinajstić information content (AvgIpc) is 2.71. The van der Waals surface area contributed by atoms with Gasteiger partial charge in [0.2, 0.25) is 11.2 Å². The molecule has 0 aliphatic heterocycles. The second-order valence-electron chi connectivity index (χ2n) is 6.65. The Balaban J connectivity index is 1.96. The van der Waals surface area contributed by atoms with Crippen LogP contribution >= 0.6 is 0 Å². The van der Waals surface area contributed by atoms with E-state index in [2.05, 4.69) is 0 Å². The minimum Gasteiger partial charge on any atom is -0.508 e. The highest BCUT2D eigenvalue weighted by molar-refractivity contribution is 5.94. The lowest BCUT2D eigenvalue weighted by molar-refractivity contribution is 0.0731. The molecule has 156 valence electrons. The van der Waals surface area contributed by atoms with E-state index in [0.29, 0.717) is 5.69 Å². The van der Waals surface area contributed by atoms with Crippen molar-refractivity contribution in [2.45, 2.75) is 0 Å². The van der Waals surface area contributed by atoms with E-state index < -0.39 is 34.4 Å². The topological polar surface area (TPSA) is 163 Å². The minimum absolute atomic E-state index is 0.0638. The van der Waals surface area contributed by atoms with E-state index in [1.54, 1.807) is 6.07 Å². The molecule has 4 rings (SSSR count). The molecule has 3 aromatic carbocycles. The number of carbonyl (C=O) groups is 1. The number of aromatic hydroxyl groups is 4. The van der Waals surface area contributed by atoms with Crippen molar-refractivity contribution >= 4 is 22.6 Å². The Labute approximate surface area is 173 Å². The Bertz CT molecular complexity index is 1410. The van der Waals surface area contributed by atoms with Gasteiger partial charge in [-0.3, -0.25) is 4.79 Å². The number of carbonyl (C=O) groups excluding carboxylic acids is 1. The molecule has 0 unspecified atom stereocenters. The Morgan fingerprint density at radius 2 is 1.68 bits per heavy atom. The molecule has 1 heterocycles. The first kappa shape index (κ1) is 19.6. The van der Waals surface area contributed by atoms with E-state index in [1.807, 2.05) is 0 Å². The number of hydrogen-bond donors (Lipinski definition) is 5. The Morgan fingerprint density at radius 3 is 2.39 bits per heavy atom. The van der Waals surface area contributed by atoms with Crippen LogP contribution in [0.2, 0.25) is 0 Å². The van der Waals surface area contributed by atoms with Crippen LogP contribution in [-0.4, -0.2) is 26.4 Å². The van der Waals surface area contributed by atoms with Crippen LogP contribution in [0.4, 0.5) is 5.69 Å². The van der Waals surface area contributed by atoms with Crippen molar-refractivity contribution in [3.63, 3.8) is 0 Å². The van der Waals surface area contributed by atoms with E-state index in [9.17, 15) is 30.0 Å². The second kappa shape index (κ2) is 7.30. The molecule has 0 saturated heterocycles. The first-order valence-corrected chi connectivity index (χ1v) is 8.87. The minimum atomic E-state index is -0.915. The summed E-state index contributed by atoms with van der Waals surface area (Å²) in [5, 5.41) is 39.0. The van der Waals surface area contributed by atoms with Crippen LogP contribution in [0.15, 0.2) is 63.8 Å². The molecule has 0 aliphatic carbocycles. The van der Waals surface area contributed by atoms with Gasteiger partial charge in [-0.25, -0.2) is 4.79 Å². The number of nitrogen functional groups attached to an aromatic ring is 1. The number of hydrogen-bond acceptors (Lipinski definition) is 9. The van der Waals surface area contributed by atoms with Crippen LogP contribution < -0.4 is 15.9 Å². The van der Waals surface area contributed by atoms with Gasteiger partial charge in [-0.05, 0) is 36.4 Å². The van der Waals surface area contributed by atoms with Crippen molar-refractivity contribution in [2.75, 3.05) is 5.73 Å². The van der Waals surface area contributed by atoms with Crippen LogP contribution in [0.1, 0.15) is 10.4 Å². The largest absolute Gasteiger partial charge is 0.508 e. The number of nitrogens with two attached hydrogens (primary N) is 1. The van der Waals surface area contributed by atoms with Gasteiger partial charge in [0, 0.05) is 23.4 Å². The number of benzene rings is 3. The normalized spacial score (nSPS) is 10.8. The number of fused-ring (bicyclic) bond motifs is 1. The Hall–Kier alpha value is -4.66. The molecule has 6 N–H and O–H groups in total. The highest BCUT2D eigenvalue weighted by Crippen LogP contribution is 2.38. The Morgan fingerprint density at radius 1 is 0.903 bits per heavy atom. The predicted octanol–water partition coefficient (Wildman–Crippen LogP) is 3.08. The number of esters is 1. The van der Waals surface area contributed by atoms with E-state index in [-0.39, 0.29) is 33.6 Å². The molecule has 0 aliphatic rings. The van der Waals surface area contributed by atoms with Gasteiger partial charge in [-0.15, -0.1) is 0 Å². The van der Waals surface area contributed by atoms with Crippen molar-refractivity contribution in [3.05, 3.63) is 70.4 Å². The molecule has 0 saturated carbocycles. The van der Waals surface area contributed by atoms with Gasteiger partial charge < -0.3 is 35.3 Å². The number of anilines is 1. The average molecular weight is 421 g/mol. The maximum Gasteiger partial charge on any atom is 0.343 e. The van der Waals surface area contributed by atoms with Crippen molar-refractivity contribution in [2.24, 2.45) is 0 Å². The molecule has 0 spiro atoms. The maximum atomic E-state index is 13.1. The molecule has 31 heavy (non-hydrogen) atoms.